The predicted octanol–water partition coefficient (Wildman–Crippen LogP) is 6.03. The highest BCUT2D eigenvalue weighted by molar-refractivity contribution is 6.10. The number of rotatable bonds is 3. The van der Waals surface area contributed by atoms with Crippen molar-refractivity contribution in [1.82, 2.24) is 0 Å². The highest BCUT2D eigenvalue weighted by atomic mass is 19.1. The summed E-state index contributed by atoms with van der Waals surface area (Å²) in [7, 11) is 0. The van der Waals surface area contributed by atoms with Crippen LogP contribution < -0.4 is 9.80 Å². The minimum Gasteiger partial charge on any atom is -0.465 e. The Bertz CT molecular complexity index is 1190. The lowest BCUT2D eigenvalue weighted by Gasteiger charge is -2.41. The summed E-state index contributed by atoms with van der Waals surface area (Å²) in [6.07, 6.45) is -0.440. The molecule has 0 saturated heterocycles. The number of carbonyl (C=O) groups excluding carboxylic acids is 1. The molecule has 5 nitrogen and oxygen atoms in total. The van der Waals surface area contributed by atoms with Crippen molar-refractivity contribution in [3.05, 3.63) is 83.2 Å². The van der Waals surface area contributed by atoms with E-state index in [1.807, 2.05) is 39.0 Å². The van der Waals surface area contributed by atoms with E-state index in [0.717, 1.165) is 22.3 Å². The quantitative estimate of drug-likeness (QED) is 0.549. The smallest absolute Gasteiger partial charge is 0.412 e. The summed E-state index contributed by atoms with van der Waals surface area (Å²) in [6, 6.07) is 16.8. The molecule has 3 aromatic carbocycles. The average Bonchev–Trinajstić information content (AvgIpc) is 2.78. The van der Waals surface area contributed by atoms with Gasteiger partial charge in [-0.3, -0.25) is 9.69 Å². The number of hydrogen-bond donors (Lipinski definition) is 1. The Morgan fingerprint density at radius 2 is 1.62 bits per heavy atom. The standard InChI is InChI=1S/C26H25FN2O3/c1-4-22-15-28(23-12-16(2)17(3)13-24(23)29(22)26(31)32)25(30)20-7-5-6-19(14-20)18-8-10-21(27)11-9-18/h5-14,22H,4,15H2,1-3H3,(H,31,32). The molecule has 0 bridgehead atoms. The highest BCUT2D eigenvalue weighted by Gasteiger charge is 2.37. The zero-order valence-corrected chi connectivity index (χ0v) is 18.3. The topological polar surface area (TPSA) is 60.9 Å². The SMILES string of the molecule is CCC1CN(C(=O)c2cccc(-c3ccc(F)cc3)c2)c2cc(C)c(C)cc2N1C(=O)O. The van der Waals surface area contributed by atoms with Gasteiger partial charge in [-0.1, -0.05) is 31.2 Å². The summed E-state index contributed by atoms with van der Waals surface area (Å²) in [5.74, 6) is -0.507. The van der Waals surface area contributed by atoms with Crippen LogP contribution in [-0.2, 0) is 0 Å². The number of carboxylic acid groups (broad SMARTS) is 1. The molecule has 32 heavy (non-hydrogen) atoms. The van der Waals surface area contributed by atoms with Gasteiger partial charge in [0.15, 0.2) is 0 Å². The number of carbonyl (C=O) groups is 2. The van der Waals surface area contributed by atoms with Crippen molar-refractivity contribution in [2.75, 3.05) is 16.3 Å². The monoisotopic (exact) mass is 432 g/mol. The molecule has 0 saturated carbocycles. The van der Waals surface area contributed by atoms with Crippen LogP contribution in [0.4, 0.5) is 20.6 Å². The fourth-order valence-corrected chi connectivity index (χ4v) is 4.18. The zero-order valence-electron chi connectivity index (χ0n) is 18.3. The molecule has 1 unspecified atom stereocenters. The molecular weight excluding hydrogens is 407 g/mol. The number of fused-ring (bicyclic) bond motifs is 1. The number of halogens is 1. The van der Waals surface area contributed by atoms with E-state index in [2.05, 4.69) is 0 Å². The highest BCUT2D eigenvalue weighted by Crippen LogP contribution is 2.39. The molecular formula is C26H25FN2O3. The molecule has 2 amide bonds. The molecule has 1 atom stereocenters. The van der Waals surface area contributed by atoms with Gasteiger partial charge in [0.25, 0.3) is 5.91 Å². The maximum atomic E-state index is 13.6. The van der Waals surface area contributed by atoms with Crippen molar-refractivity contribution in [3.63, 3.8) is 0 Å². The van der Waals surface area contributed by atoms with Crippen molar-refractivity contribution in [3.8, 4) is 11.1 Å². The fourth-order valence-electron chi connectivity index (χ4n) is 4.18. The lowest BCUT2D eigenvalue weighted by molar-refractivity contribution is 0.0982. The summed E-state index contributed by atoms with van der Waals surface area (Å²) in [6.45, 7) is 6.08. The van der Waals surface area contributed by atoms with Crippen LogP contribution in [-0.4, -0.2) is 29.7 Å². The Labute approximate surface area is 186 Å². The average molecular weight is 432 g/mol. The van der Waals surface area contributed by atoms with Gasteiger partial charge in [-0.2, -0.15) is 0 Å². The van der Waals surface area contributed by atoms with Crippen LogP contribution in [0.3, 0.4) is 0 Å². The third-order valence-electron chi connectivity index (χ3n) is 6.11. The van der Waals surface area contributed by atoms with E-state index in [-0.39, 0.29) is 24.3 Å². The summed E-state index contributed by atoms with van der Waals surface area (Å²) >= 11 is 0. The second kappa shape index (κ2) is 8.46. The van der Waals surface area contributed by atoms with Crippen LogP contribution in [0.1, 0.15) is 34.8 Å². The second-order valence-corrected chi connectivity index (χ2v) is 8.14. The van der Waals surface area contributed by atoms with Crippen LogP contribution in [0.2, 0.25) is 0 Å². The fraction of sp³-hybridized carbons (Fsp3) is 0.231. The van der Waals surface area contributed by atoms with Gasteiger partial charge in [0, 0.05) is 12.1 Å². The van der Waals surface area contributed by atoms with Gasteiger partial charge in [-0.25, -0.2) is 9.18 Å². The van der Waals surface area contributed by atoms with Crippen LogP contribution in [0, 0.1) is 19.7 Å². The van der Waals surface area contributed by atoms with Crippen molar-refractivity contribution < 1.29 is 19.1 Å². The van der Waals surface area contributed by atoms with Crippen molar-refractivity contribution in [1.29, 1.82) is 0 Å². The molecule has 0 aromatic heterocycles. The van der Waals surface area contributed by atoms with E-state index < -0.39 is 6.09 Å². The Kier molecular flexibility index (Phi) is 5.70. The first-order valence-electron chi connectivity index (χ1n) is 10.6. The summed E-state index contributed by atoms with van der Waals surface area (Å²) in [5.41, 5.74) is 5.20. The summed E-state index contributed by atoms with van der Waals surface area (Å²) in [4.78, 5) is 28.7. The predicted molar refractivity (Wildman–Crippen MR) is 124 cm³/mol. The first-order valence-corrected chi connectivity index (χ1v) is 10.6. The number of anilines is 2. The number of benzene rings is 3. The maximum absolute atomic E-state index is 13.6. The minimum atomic E-state index is -1.02. The Morgan fingerprint density at radius 1 is 0.969 bits per heavy atom. The van der Waals surface area contributed by atoms with Crippen LogP contribution in [0.5, 0.6) is 0 Å². The molecule has 1 aliphatic heterocycles. The van der Waals surface area contributed by atoms with Crippen LogP contribution in [0.25, 0.3) is 11.1 Å². The Hall–Kier alpha value is -3.67. The maximum Gasteiger partial charge on any atom is 0.412 e. The van der Waals surface area contributed by atoms with Gasteiger partial charge in [-0.15, -0.1) is 0 Å². The van der Waals surface area contributed by atoms with Crippen LogP contribution >= 0.6 is 0 Å². The number of amides is 2. The zero-order chi connectivity index (χ0) is 23.0. The first-order chi connectivity index (χ1) is 15.3. The number of nitrogens with zero attached hydrogens (tertiary/aromatic N) is 2. The molecule has 0 aliphatic carbocycles. The molecule has 0 radical (unpaired) electrons. The molecule has 164 valence electrons. The Morgan fingerprint density at radius 3 is 2.25 bits per heavy atom. The third kappa shape index (κ3) is 3.84. The van der Waals surface area contributed by atoms with Gasteiger partial charge < -0.3 is 10.0 Å². The van der Waals surface area contributed by atoms with E-state index in [9.17, 15) is 19.1 Å². The summed E-state index contributed by atoms with van der Waals surface area (Å²) < 4.78 is 13.3. The number of aryl methyl sites for hydroxylation is 2. The molecule has 0 fully saturated rings. The molecule has 1 aliphatic rings. The second-order valence-electron chi connectivity index (χ2n) is 8.14. The van der Waals surface area contributed by atoms with Gasteiger partial charge in [-0.05, 0) is 78.9 Å². The van der Waals surface area contributed by atoms with Gasteiger partial charge in [0.05, 0.1) is 17.4 Å². The van der Waals surface area contributed by atoms with Gasteiger partial charge in [0.1, 0.15) is 5.82 Å². The molecule has 1 heterocycles. The third-order valence-corrected chi connectivity index (χ3v) is 6.11. The Balaban J connectivity index is 1.78. The van der Waals surface area contributed by atoms with Crippen molar-refractivity contribution in [2.24, 2.45) is 0 Å². The number of hydrogen-bond acceptors (Lipinski definition) is 2. The van der Waals surface area contributed by atoms with Gasteiger partial charge >= 0.3 is 6.09 Å². The van der Waals surface area contributed by atoms with E-state index in [1.54, 1.807) is 35.2 Å². The van der Waals surface area contributed by atoms with Crippen molar-refractivity contribution in [2.45, 2.75) is 33.2 Å². The molecule has 4 rings (SSSR count). The lowest BCUT2D eigenvalue weighted by Crippen LogP contribution is -2.52. The molecule has 1 N–H and O–H groups in total. The largest absolute Gasteiger partial charge is 0.465 e. The normalized spacial score (nSPS) is 15.4. The van der Waals surface area contributed by atoms with E-state index in [4.69, 9.17) is 0 Å². The molecule has 3 aromatic rings. The van der Waals surface area contributed by atoms with Crippen LogP contribution in [0.15, 0.2) is 60.7 Å². The molecule has 6 heteroatoms. The van der Waals surface area contributed by atoms with Crippen molar-refractivity contribution >= 4 is 23.4 Å². The summed E-state index contributed by atoms with van der Waals surface area (Å²) in [5, 5.41) is 9.87. The van der Waals surface area contributed by atoms with E-state index >= 15 is 0 Å². The van der Waals surface area contributed by atoms with E-state index in [1.165, 1.54) is 17.0 Å². The molecule has 0 spiro atoms. The van der Waals surface area contributed by atoms with Gasteiger partial charge in [0.2, 0.25) is 0 Å². The first kappa shape index (κ1) is 21.6. The minimum absolute atomic E-state index is 0.193. The lowest BCUT2D eigenvalue weighted by atomic mass is 9.98. The van der Waals surface area contributed by atoms with E-state index in [0.29, 0.717) is 23.4 Å².